The molecule has 22 heavy (non-hydrogen) atoms. The molecule has 0 radical (unpaired) electrons. The van der Waals surface area contributed by atoms with Crippen molar-refractivity contribution in [2.24, 2.45) is 5.41 Å². The van der Waals surface area contributed by atoms with Crippen molar-refractivity contribution in [3.05, 3.63) is 23.5 Å². The summed E-state index contributed by atoms with van der Waals surface area (Å²) >= 11 is 0. The van der Waals surface area contributed by atoms with Gasteiger partial charge in [0, 0.05) is 37.7 Å². The van der Waals surface area contributed by atoms with E-state index in [4.69, 9.17) is 4.74 Å². The lowest BCUT2D eigenvalue weighted by Crippen LogP contribution is -2.39. The normalized spacial score (nSPS) is 21.9. The van der Waals surface area contributed by atoms with Gasteiger partial charge >= 0.3 is 0 Å². The van der Waals surface area contributed by atoms with Gasteiger partial charge in [-0.1, -0.05) is 19.8 Å². The standard InChI is InChI=1S/C18H28N2O2/c1-14-16(17(21)19-15-6-11-22-12-7-15)5-10-20(14)13-18(2)8-3-4-9-18/h5,10,15H,3-4,6-9,11-13H2,1-2H3,(H,19,21). The molecule has 1 aliphatic carbocycles. The Balaban J connectivity index is 1.65. The molecule has 2 aliphatic rings. The van der Waals surface area contributed by atoms with Gasteiger partial charge in [0.1, 0.15) is 0 Å². The Morgan fingerprint density at radius 2 is 2.05 bits per heavy atom. The molecule has 0 spiro atoms. The summed E-state index contributed by atoms with van der Waals surface area (Å²) in [6, 6.07) is 2.24. The van der Waals surface area contributed by atoms with E-state index < -0.39 is 0 Å². The fourth-order valence-corrected chi connectivity index (χ4v) is 3.87. The van der Waals surface area contributed by atoms with E-state index in [0.717, 1.165) is 43.9 Å². The minimum Gasteiger partial charge on any atom is -0.381 e. The van der Waals surface area contributed by atoms with E-state index in [0.29, 0.717) is 5.41 Å². The molecule has 1 aromatic heterocycles. The molecule has 3 rings (SSSR count). The van der Waals surface area contributed by atoms with Crippen LogP contribution in [0.4, 0.5) is 0 Å². The summed E-state index contributed by atoms with van der Waals surface area (Å²) in [6.07, 6.45) is 9.20. The zero-order valence-corrected chi connectivity index (χ0v) is 13.9. The molecule has 1 aromatic rings. The molecule has 0 aromatic carbocycles. The molecule has 0 bridgehead atoms. The molecular weight excluding hydrogens is 276 g/mol. The van der Waals surface area contributed by atoms with Crippen molar-refractivity contribution in [3.63, 3.8) is 0 Å². The maximum absolute atomic E-state index is 12.5. The van der Waals surface area contributed by atoms with E-state index in [-0.39, 0.29) is 11.9 Å². The minimum atomic E-state index is 0.0692. The van der Waals surface area contributed by atoms with Crippen LogP contribution in [0.5, 0.6) is 0 Å². The summed E-state index contributed by atoms with van der Waals surface area (Å²) in [5, 5.41) is 3.16. The van der Waals surface area contributed by atoms with Gasteiger partial charge in [-0.25, -0.2) is 0 Å². The van der Waals surface area contributed by atoms with Gasteiger partial charge in [-0.15, -0.1) is 0 Å². The third kappa shape index (κ3) is 3.37. The van der Waals surface area contributed by atoms with Crippen LogP contribution in [0, 0.1) is 12.3 Å². The van der Waals surface area contributed by atoms with Crippen LogP contribution >= 0.6 is 0 Å². The first-order chi connectivity index (χ1) is 10.6. The van der Waals surface area contributed by atoms with Crippen molar-refractivity contribution < 1.29 is 9.53 Å². The summed E-state index contributed by atoms with van der Waals surface area (Å²) in [5.74, 6) is 0.0692. The van der Waals surface area contributed by atoms with E-state index in [2.05, 4.69) is 29.9 Å². The number of rotatable bonds is 4. The van der Waals surface area contributed by atoms with E-state index in [1.54, 1.807) is 0 Å². The van der Waals surface area contributed by atoms with Gasteiger partial charge in [-0.2, -0.15) is 0 Å². The number of aromatic nitrogens is 1. The highest BCUT2D eigenvalue weighted by atomic mass is 16.5. The van der Waals surface area contributed by atoms with Crippen LogP contribution < -0.4 is 5.32 Å². The number of amides is 1. The third-order valence-electron chi connectivity index (χ3n) is 5.41. The highest BCUT2D eigenvalue weighted by molar-refractivity contribution is 5.95. The number of ether oxygens (including phenoxy) is 1. The Hall–Kier alpha value is -1.29. The van der Waals surface area contributed by atoms with Gasteiger partial charge in [0.2, 0.25) is 0 Å². The first-order valence-electron chi connectivity index (χ1n) is 8.62. The van der Waals surface area contributed by atoms with Crippen LogP contribution in [0.1, 0.15) is 61.5 Å². The first-order valence-corrected chi connectivity index (χ1v) is 8.62. The van der Waals surface area contributed by atoms with Gasteiger partial charge in [0.05, 0.1) is 5.56 Å². The molecule has 4 nitrogen and oxygen atoms in total. The monoisotopic (exact) mass is 304 g/mol. The van der Waals surface area contributed by atoms with Gasteiger partial charge in [-0.05, 0) is 44.1 Å². The topological polar surface area (TPSA) is 43.3 Å². The van der Waals surface area contributed by atoms with Crippen molar-refractivity contribution in [2.75, 3.05) is 13.2 Å². The summed E-state index contributed by atoms with van der Waals surface area (Å²) in [5.41, 5.74) is 2.32. The fraction of sp³-hybridized carbons (Fsp3) is 0.722. The zero-order chi connectivity index (χ0) is 15.6. The third-order valence-corrected chi connectivity index (χ3v) is 5.41. The second-order valence-corrected chi connectivity index (χ2v) is 7.32. The lowest BCUT2D eigenvalue weighted by Gasteiger charge is -2.25. The summed E-state index contributed by atoms with van der Waals surface area (Å²) in [4.78, 5) is 12.5. The average Bonchev–Trinajstić information content (AvgIpc) is 3.08. The molecule has 1 aliphatic heterocycles. The van der Waals surface area contributed by atoms with Crippen molar-refractivity contribution in [3.8, 4) is 0 Å². The van der Waals surface area contributed by atoms with Crippen LogP contribution in [0.15, 0.2) is 12.3 Å². The van der Waals surface area contributed by atoms with Gasteiger partial charge < -0.3 is 14.6 Å². The van der Waals surface area contributed by atoms with E-state index >= 15 is 0 Å². The highest BCUT2D eigenvalue weighted by Gasteiger charge is 2.30. The molecule has 2 heterocycles. The molecule has 0 unspecified atom stereocenters. The minimum absolute atomic E-state index is 0.0692. The van der Waals surface area contributed by atoms with Crippen LogP contribution in [0.25, 0.3) is 0 Å². The second-order valence-electron chi connectivity index (χ2n) is 7.32. The number of nitrogens with one attached hydrogen (secondary N) is 1. The predicted octanol–water partition coefficient (Wildman–Crippen LogP) is 3.29. The molecular formula is C18H28N2O2. The summed E-state index contributed by atoms with van der Waals surface area (Å²) < 4.78 is 7.61. The number of carbonyl (C=O) groups excluding carboxylic acids is 1. The van der Waals surface area contributed by atoms with Gasteiger partial charge in [0.25, 0.3) is 5.91 Å². The largest absolute Gasteiger partial charge is 0.381 e. The SMILES string of the molecule is Cc1c(C(=O)NC2CCOCC2)ccn1CC1(C)CCCC1. The smallest absolute Gasteiger partial charge is 0.253 e. The Morgan fingerprint density at radius 3 is 2.73 bits per heavy atom. The van der Waals surface area contributed by atoms with Crippen LogP contribution in [0.3, 0.4) is 0 Å². The molecule has 4 heteroatoms. The molecule has 1 saturated carbocycles. The number of hydrogen-bond donors (Lipinski definition) is 1. The Bertz CT molecular complexity index is 523. The molecule has 1 N–H and O–H groups in total. The van der Waals surface area contributed by atoms with Gasteiger partial charge in [0.15, 0.2) is 0 Å². The Labute approximate surface area is 133 Å². The van der Waals surface area contributed by atoms with E-state index in [9.17, 15) is 4.79 Å². The molecule has 0 atom stereocenters. The van der Waals surface area contributed by atoms with Crippen molar-refractivity contribution >= 4 is 5.91 Å². The van der Waals surface area contributed by atoms with Crippen molar-refractivity contribution in [2.45, 2.75) is 65.0 Å². The zero-order valence-electron chi connectivity index (χ0n) is 13.9. The number of nitrogens with zero attached hydrogens (tertiary/aromatic N) is 1. The first kappa shape index (κ1) is 15.6. The number of carbonyl (C=O) groups is 1. The quantitative estimate of drug-likeness (QED) is 0.927. The van der Waals surface area contributed by atoms with E-state index in [1.165, 1.54) is 25.7 Å². The van der Waals surface area contributed by atoms with Gasteiger partial charge in [-0.3, -0.25) is 4.79 Å². The van der Waals surface area contributed by atoms with Crippen molar-refractivity contribution in [1.29, 1.82) is 0 Å². The molecule has 1 amide bonds. The van der Waals surface area contributed by atoms with Crippen LogP contribution in [-0.4, -0.2) is 29.7 Å². The maximum Gasteiger partial charge on any atom is 0.253 e. The lowest BCUT2D eigenvalue weighted by molar-refractivity contribution is 0.0696. The number of hydrogen-bond acceptors (Lipinski definition) is 2. The second kappa shape index (κ2) is 6.45. The summed E-state index contributed by atoms with van der Waals surface area (Å²) in [7, 11) is 0. The predicted molar refractivity (Wildman–Crippen MR) is 87.1 cm³/mol. The molecule has 122 valence electrons. The lowest BCUT2D eigenvalue weighted by atomic mass is 9.89. The average molecular weight is 304 g/mol. The fourth-order valence-electron chi connectivity index (χ4n) is 3.87. The Kier molecular flexibility index (Phi) is 4.57. The molecule has 2 fully saturated rings. The maximum atomic E-state index is 12.5. The Morgan fingerprint density at radius 1 is 1.36 bits per heavy atom. The molecule has 1 saturated heterocycles. The van der Waals surface area contributed by atoms with Crippen molar-refractivity contribution in [1.82, 2.24) is 9.88 Å². The van der Waals surface area contributed by atoms with Crippen LogP contribution in [0.2, 0.25) is 0 Å². The van der Waals surface area contributed by atoms with E-state index in [1.807, 2.05) is 6.07 Å². The summed E-state index contributed by atoms with van der Waals surface area (Å²) in [6.45, 7) is 6.98. The highest BCUT2D eigenvalue weighted by Crippen LogP contribution is 2.39. The van der Waals surface area contributed by atoms with Crippen LogP contribution in [-0.2, 0) is 11.3 Å².